The number of carbonyl (C=O) groups is 15. The lowest BCUT2D eigenvalue weighted by Gasteiger charge is -2.41. The SMILES string of the molecule is C/C=C/C[C@@H](C)[C@@H](O)[C@H]1C(=O)N[C@@H](CC)C(=O)N(C)CC(=O)N(C)[C@@H]([C@@H](C)OCCCCOC(=O)NCCCC[C@H](NC(=O)OC)C(=O)N2CCC[C@H]2c2ncc(-c3ccc(-c4ccc(-c5cnc([C@@H]6CCCN6C(=O)OC(C)(C)C)[nH]5)cc4)cc3)[nH]2)C(=O)N[C@@H](C(C)C)C(=O)N(C)[C@@H](CC(C)C)C(=O)N[C@@H](C)C(=O)N[C@H](C)C(=O)N(C)[C@@H](CC(C)C)C(=O)N(C)[C@@H](CC(C)C)C(=O)N(C)[C@@H](C(C)C)C(=O)N1C. The molecular weight excluding hydrogens is 1840 g/mol. The number of H-pyrrole nitrogens is 2. The fourth-order valence-corrected chi connectivity index (χ4v) is 18.5. The number of nitrogens with zero attached hydrogens (tertiary/aromatic N) is 11. The highest BCUT2D eigenvalue weighted by molar-refractivity contribution is 6.00. The molecule has 3 aliphatic heterocycles. The van der Waals surface area contributed by atoms with Crippen LogP contribution in [0.3, 0.4) is 0 Å². The van der Waals surface area contributed by atoms with Gasteiger partial charge in [0.1, 0.15) is 83.7 Å². The first-order valence-corrected chi connectivity index (χ1v) is 50.6. The van der Waals surface area contributed by atoms with Crippen LogP contribution >= 0.6 is 0 Å². The lowest BCUT2D eigenvalue weighted by atomic mass is 9.91. The van der Waals surface area contributed by atoms with E-state index in [1.54, 1.807) is 82.8 Å². The Morgan fingerprint density at radius 1 is 0.531 bits per heavy atom. The summed E-state index contributed by atoms with van der Waals surface area (Å²) in [7, 11) is 10.8. The van der Waals surface area contributed by atoms with Crippen molar-refractivity contribution in [1.29, 1.82) is 0 Å². The van der Waals surface area contributed by atoms with Crippen LogP contribution in [0.15, 0.2) is 73.1 Å². The average Bonchev–Trinajstić information content (AvgIpc) is 1.23. The molecule has 3 saturated heterocycles. The van der Waals surface area contributed by atoms with Crippen LogP contribution in [0.2, 0.25) is 0 Å². The minimum atomic E-state index is -1.70. The number of aromatic amines is 2. The Balaban J connectivity index is 1.03. The van der Waals surface area contributed by atoms with Gasteiger partial charge in [0.15, 0.2) is 0 Å². The zero-order chi connectivity index (χ0) is 107. The Kier molecular flexibility index (Phi) is 45.0. The molecule has 0 bridgehead atoms. The number of carbonyl (C=O) groups excluding carboxylic acids is 15. The molecule has 39 nitrogen and oxygen atoms in total. The highest BCUT2D eigenvalue weighted by Gasteiger charge is 2.48. The van der Waals surface area contributed by atoms with Crippen molar-refractivity contribution in [3.63, 3.8) is 0 Å². The fourth-order valence-electron chi connectivity index (χ4n) is 18.5. The molecule has 39 heteroatoms. The number of ether oxygens (including phenoxy) is 4. The maximum Gasteiger partial charge on any atom is 0.410 e. The normalized spacial score (nSPS) is 23.3. The van der Waals surface area contributed by atoms with Gasteiger partial charge in [-0.25, -0.2) is 24.4 Å². The molecule has 2 aromatic heterocycles. The van der Waals surface area contributed by atoms with Crippen molar-refractivity contribution in [2.75, 3.05) is 95.8 Å². The van der Waals surface area contributed by atoms with Gasteiger partial charge in [-0.05, 0) is 196 Å². The van der Waals surface area contributed by atoms with E-state index < -0.39 is 192 Å². The maximum atomic E-state index is 15.4. The molecule has 143 heavy (non-hydrogen) atoms. The number of aromatic nitrogens is 4. The molecule has 4 aromatic rings. The molecule has 3 aliphatic rings. The van der Waals surface area contributed by atoms with E-state index >= 15 is 28.8 Å². The van der Waals surface area contributed by atoms with Gasteiger partial charge in [-0.3, -0.25) is 62.4 Å². The second kappa shape index (κ2) is 54.6. The Bertz CT molecular complexity index is 4970. The van der Waals surface area contributed by atoms with Crippen LogP contribution in [0.5, 0.6) is 0 Å². The van der Waals surface area contributed by atoms with Crippen LogP contribution in [0.25, 0.3) is 33.6 Å². The minimum absolute atomic E-state index is 0.0576. The first-order chi connectivity index (χ1) is 67.3. The predicted octanol–water partition coefficient (Wildman–Crippen LogP) is 9.91. The van der Waals surface area contributed by atoms with E-state index in [4.69, 9.17) is 23.9 Å². The zero-order valence-electron chi connectivity index (χ0n) is 89.3. The van der Waals surface area contributed by atoms with Gasteiger partial charge in [0.05, 0.1) is 68.3 Å². The number of benzene rings is 2. The van der Waals surface area contributed by atoms with Crippen LogP contribution in [0.1, 0.15) is 245 Å². The first-order valence-electron chi connectivity index (χ1n) is 50.6. The van der Waals surface area contributed by atoms with Crippen LogP contribution < -0.4 is 31.9 Å². The number of likely N-dealkylation sites (N-methyl/N-ethyl adjacent to an activating group) is 7. The molecule has 9 N–H and O–H groups in total. The molecule has 0 unspecified atom stereocenters. The lowest BCUT2D eigenvalue weighted by Crippen LogP contribution is -2.63. The summed E-state index contributed by atoms with van der Waals surface area (Å²) in [6.45, 7) is 33.2. The summed E-state index contributed by atoms with van der Waals surface area (Å²) < 4.78 is 22.5. The number of aliphatic hydroxyl groups excluding tert-OH is 1. The molecular formula is C104H163N19O20. The second-order valence-corrected chi connectivity index (χ2v) is 41.5. The summed E-state index contributed by atoms with van der Waals surface area (Å²) in [5, 5.41) is 28.8. The molecule has 0 aliphatic carbocycles. The maximum absolute atomic E-state index is 15.4. The number of rotatable bonds is 32. The largest absolute Gasteiger partial charge is 0.453 e. The van der Waals surface area contributed by atoms with Crippen LogP contribution in [-0.4, -0.2) is 338 Å². The summed E-state index contributed by atoms with van der Waals surface area (Å²) in [6, 6.07) is 1.07. The van der Waals surface area contributed by atoms with Crippen molar-refractivity contribution in [3.8, 4) is 33.6 Å². The van der Waals surface area contributed by atoms with Crippen LogP contribution in [-0.2, 0) is 76.5 Å². The summed E-state index contributed by atoms with van der Waals surface area (Å²) in [5.41, 5.74) is 4.81. The quantitative estimate of drug-likeness (QED) is 0.0125. The van der Waals surface area contributed by atoms with Crippen LogP contribution in [0.4, 0.5) is 14.4 Å². The lowest BCUT2D eigenvalue weighted by molar-refractivity contribution is -0.157. The van der Waals surface area contributed by atoms with Crippen LogP contribution in [0, 0.1) is 35.5 Å². The number of allylic oxidation sites excluding steroid dienone is 2. The molecule has 0 spiro atoms. The van der Waals surface area contributed by atoms with Crippen molar-refractivity contribution >= 4 is 89.2 Å². The third kappa shape index (κ3) is 32.5. The summed E-state index contributed by atoms with van der Waals surface area (Å²) >= 11 is 0. The first kappa shape index (κ1) is 118. The number of methoxy groups -OCH3 is 1. The van der Waals surface area contributed by atoms with Gasteiger partial charge in [-0.1, -0.05) is 144 Å². The van der Waals surface area contributed by atoms with E-state index in [9.17, 15) is 48.3 Å². The number of aliphatic hydroxyl groups is 1. The molecule has 5 heterocycles. The minimum Gasteiger partial charge on any atom is -0.453 e. The summed E-state index contributed by atoms with van der Waals surface area (Å²) in [5.74, 6) is -10.00. The summed E-state index contributed by atoms with van der Waals surface area (Å²) in [4.78, 5) is 246. The van der Waals surface area contributed by atoms with E-state index in [2.05, 4.69) is 46.9 Å². The van der Waals surface area contributed by atoms with E-state index in [-0.39, 0.29) is 107 Å². The van der Waals surface area contributed by atoms with Crippen molar-refractivity contribution in [1.82, 2.24) is 95.9 Å². The molecule has 16 atom stereocenters. The molecule has 0 saturated carbocycles. The molecule has 15 amide bonds. The van der Waals surface area contributed by atoms with Gasteiger partial charge in [0, 0.05) is 75.6 Å². The number of likely N-dealkylation sites (tertiary alicyclic amines) is 2. The van der Waals surface area contributed by atoms with E-state index in [0.717, 1.165) is 61.2 Å². The highest BCUT2D eigenvalue weighted by Crippen LogP contribution is 2.37. The topological polar surface area (TPSA) is 472 Å². The Labute approximate surface area is 844 Å². The number of imidazole rings is 2. The van der Waals surface area contributed by atoms with Gasteiger partial charge < -0.3 is 105 Å². The third-order valence-electron chi connectivity index (χ3n) is 26.8. The number of amides is 15. The second-order valence-electron chi connectivity index (χ2n) is 41.5. The molecule has 794 valence electrons. The van der Waals surface area contributed by atoms with E-state index in [0.29, 0.717) is 50.4 Å². The Morgan fingerprint density at radius 2 is 1.02 bits per heavy atom. The fraction of sp³-hybridized carbons (Fsp3) is 0.663. The zero-order valence-corrected chi connectivity index (χ0v) is 89.3. The number of unbranched alkanes of at least 4 members (excludes halogenated alkanes) is 2. The Morgan fingerprint density at radius 3 is 1.54 bits per heavy atom. The van der Waals surface area contributed by atoms with E-state index in [1.165, 1.54) is 96.8 Å². The number of alkyl carbamates (subject to hydrolysis) is 2. The van der Waals surface area contributed by atoms with Gasteiger partial charge in [0.25, 0.3) is 0 Å². The number of hydrogen-bond acceptors (Lipinski definition) is 22. The smallest absolute Gasteiger partial charge is 0.410 e. The monoisotopic (exact) mass is 2000 g/mol. The van der Waals surface area contributed by atoms with Crippen molar-refractivity contribution in [3.05, 3.63) is 84.7 Å². The molecule has 3 fully saturated rings. The van der Waals surface area contributed by atoms with Gasteiger partial charge in [-0.15, -0.1) is 0 Å². The molecule has 2 aromatic carbocycles. The van der Waals surface area contributed by atoms with Gasteiger partial charge in [-0.2, -0.15) is 0 Å². The standard InChI is InChI=1S/C104H163N19O20/c1-28-30-37-65(13)87(125)86-93(129)112-73(29-2)95(131)115(20)59-82(124)119(24)85(92(128)114-83(63(9)10)99(135)116(21)79(54-60(3)4)91(127)108-66(14)90(126)109-67(15)94(130)117(22)80(55-61(5)6)97(133)118(23)81(56-62(7)8)98(134)120(25)84(64(11)12)100(136)121(86)26)68(16)141-52-33-34-53-142-101(137)105-49-32-31-38-74(113-102(138)140-27)96(132)122-50-35-39-77(122)88-106-57-75(110-88)71-45-41-69(42-46-71)70-43-47-72(48-44-70)76-58-107-89(111-76)78-40-36-51-123(78)103(139)143-104(17,18)19/h28,30,41-48,57-58,60-68,73-74,77-81,83-87,125H,29,31-40,49-56,59H2,1-27H3,(H,105,137)(H,106,110)(H,107,111)(H,108,127)(H,109,126)(H,112,129)(H,113,138)(H,114,128)/b30-28+/t65-,66+,67-,68-,73+,74+,77+,78+,79+,80+,81+,83+,84+,85+,86+,87-/m1/s1. The Hall–Kier alpha value is -12.0. The predicted molar refractivity (Wildman–Crippen MR) is 542 cm³/mol. The molecule has 7 rings (SSSR count). The van der Waals surface area contributed by atoms with Crippen molar-refractivity contribution in [2.24, 2.45) is 35.5 Å². The van der Waals surface area contributed by atoms with Crippen molar-refractivity contribution < 1.29 is 96.0 Å². The van der Waals surface area contributed by atoms with E-state index in [1.807, 2.05) is 111 Å². The molecule has 0 radical (unpaired) electrons. The van der Waals surface area contributed by atoms with Gasteiger partial charge >= 0.3 is 18.3 Å². The average molecular weight is 2000 g/mol. The number of hydrogen-bond donors (Lipinski definition) is 9. The van der Waals surface area contributed by atoms with Crippen molar-refractivity contribution in [2.45, 2.75) is 318 Å². The summed E-state index contributed by atoms with van der Waals surface area (Å²) in [6.07, 6.45) is 7.42. The van der Waals surface area contributed by atoms with Gasteiger partial charge in [0.2, 0.25) is 70.9 Å². The number of nitrogens with one attached hydrogen (secondary N) is 8. The highest BCUT2D eigenvalue weighted by atomic mass is 16.6. The third-order valence-corrected chi connectivity index (χ3v) is 26.8.